The topological polar surface area (TPSA) is 45.4 Å². The maximum Gasteiger partial charge on any atom is 0.180 e. The van der Waals surface area contributed by atoms with Gasteiger partial charge in [-0.3, -0.25) is 0 Å². The van der Waals surface area contributed by atoms with Gasteiger partial charge in [0.1, 0.15) is 12.1 Å². The molecule has 1 unspecified atom stereocenters. The lowest BCUT2D eigenvalue weighted by Gasteiger charge is -2.32. The molecule has 1 heterocycles. The second-order valence-corrected chi connectivity index (χ2v) is 6.46. The lowest BCUT2D eigenvalue weighted by atomic mass is 9.76. The van der Waals surface area contributed by atoms with Gasteiger partial charge in [0.25, 0.3) is 0 Å². The van der Waals surface area contributed by atoms with Crippen molar-refractivity contribution in [2.45, 2.75) is 31.7 Å². The van der Waals surface area contributed by atoms with Crippen molar-refractivity contribution in [2.75, 3.05) is 6.61 Å². The zero-order chi connectivity index (χ0) is 15.9. The van der Waals surface area contributed by atoms with Gasteiger partial charge in [-0.05, 0) is 47.2 Å². The van der Waals surface area contributed by atoms with Crippen LogP contribution in [0.4, 0.5) is 0 Å². The van der Waals surface area contributed by atoms with Gasteiger partial charge < -0.3 is 4.74 Å². The Morgan fingerprint density at radius 2 is 2.09 bits per heavy atom. The number of nitriles is 1. The maximum atomic E-state index is 9.16. The van der Waals surface area contributed by atoms with Gasteiger partial charge >= 0.3 is 0 Å². The Morgan fingerprint density at radius 1 is 1.22 bits per heavy atom. The first-order chi connectivity index (χ1) is 11.2. The summed E-state index contributed by atoms with van der Waals surface area (Å²) in [5.41, 5.74) is 5.69. The highest BCUT2D eigenvalue weighted by molar-refractivity contribution is 5.76. The van der Waals surface area contributed by atoms with Crippen molar-refractivity contribution in [3.8, 4) is 17.2 Å². The summed E-state index contributed by atoms with van der Waals surface area (Å²) < 4.78 is 5.65. The Hall–Kier alpha value is -2.60. The van der Waals surface area contributed by atoms with Crippen molar-refractivity contribution in [1.82, 2.24) is 0 Å². The van der Waals surface area contributed by atoms with Gasteiger partial charge in [0.2, 0.25) is 0 Å². The molecule has 3 nitrogen and oxygen atoms in total. The number of fused-ring (bicyclic) bond motifs is 1. The molecule has 0 fully saturated rings. The average molecular weight is 302 g/mol. The summed E-state index contributed by atoms with van der Waals surface area (Å²) in [5, 5.41) is 9.16. The van der Waals surface area contributed by atoms with Crippen molar-refractivity contribution >= 4 is 5.90 Å². The van der Waals surface area contributed by atoms with Crippen LogP contribution in [0.2, 0.25) is 0 Å². The third kappa shape index (κ3) is 2.41. The van der Waals surface area contributed by atoms with Gasteiger partial charge in [-0.15, -0.1) is 0 Å². The zero-order valence-corrected chi connectivity index (χ0v) is 13.2. The summed E-state index contributed by atoms with van der Waals surface area (Å²) in [5.74, 6) is 0.803. The first kappa shape index (κ1) is 14.0. The van der Waals surface area contributed by atoms with Crippen molar-refractivity contribution in [1.29, 1.82) is 5.26 Å². The second-order valence-electron chi connectivity index (χ2n) is 6.46. The van der Waals surface area contributed by atoms with Gasteiger partial charge in [-0.1, -0.05) is 30.3 Å². The maximum absolute atomic E-state index is 9.16. The summed E-state index contributed by atoms with van der Waals surface area (Å²) in [6.07, 6.45) is 2.98. The van der Waals surface area contributed by atoms with E-state index in [4.69, 9.17) is 15.0 Å². The lowest BCUT2D eigenvalue weighted by Crippen LogP contribution is -2.35. The minimum absolute atomic E-state index is 0.0972. The number of hydrogen-bond donors (Lipinski definition) is 0. The van der Waals surface area contributed by atoms with E-state index in [0.717, 1.165) is 30.7 Å². The second kappa shape index (κ2) is 5.24. The molecule has 23 heavy (non-hydrogen) atoms. The molecule has 2 aromatic rings. The molecular weight excluding hydrogens is 284 g/mol. The molecule has 0 aromatic heterocycles. The molecule has 1 aliphatic heterocycles. The lowest BCUT2D eigenvalue weighted by molar-refractivity contribution is 0.236. The van der Waals surface area contributed by atoms with Crippen LogP contribution >= 0.6 is 0 Å². The molecular formula is C20H18N2O. The molecule has 1 spiro atoms. The fraction of sp³-hybridized carbons (Fsp3) is 0.300. The predicted octanol–water partition coefficient (Wildman–Crippen LogP) is 3.90. The van der Waals surface area contributed by atoms with Crippen LogP contribution in [0.5, 0.6) is 0 Å². The van der Waals surface area contributed by atoms with Crippen LogP contribution in [-0.4, -0.2) is 18.0 Å². The highest BCUT2D eigenvalue weighted by Crippen LogP contribution is 2.39. The third-order valence-electron chi connectivity index (χ3n) is 4.89. The Kier molecular flexibility index (Phi) is 3.20. The highest BCUT2D eigenvalue weighted by atomic mass is 16.5. The number of benzene rings is 2. The predicted molar refractivity (Wildman–Crippen MR) is 90.4 cm³/mol. The van der Waals surface area contributed by atoms with Crippen molar-refractivity contribution < 1.29 is 4.74 Å². The Morgan fingerprint density at radius 3 is 2.87 bits per heavy atom. The standard InChI is InChI=1S/C20H18N2O/c1-14-22-20(13-23-14)9-8-16-5-3-7-18(19(16)11-20)17-6-2-4-15(10-17)12-21/h2-7,10H,8-9,11,13H2,1H3. The van der Waals surface area contributed by atoms with E-state index in [1.54, 1.807) is 0 Å². The summed E-state index contributed by atoms with van der Waals surface area (Å²) in [7, 11) is 0. The van der Waals surface area contributed by atoms with E-state index in [2.05, 4.69) is 30.3 Å². The summed E-state index contributed by atoms with van der Waals surface area (Å²) >= 11 is 0. The van der Waals surface area contributed by atoms with E-state index >= 15 is 0 Å². The first-order valence-corrected chi connectivity index (χ1v) is 8.00. The Labute approximate surface area is 136 Å². The van der Waals surface area contributed by atoms with Crippen LogP contribution in [0.25, 0.3) is 11.1 Å². The monoisotopic (exact) mass is 302 g/mol. The van der Waals surface area contributed by atoms with E-state index in [0.29, 0.717) is 12.2 Å². The largest absolute Gasteiger partial charge is 0.479 e. The fourth-order valence-corrected chi connectivity index (χ4v) is 3.75. The summed E-state index contributed by atoms with van der Waals surface area (Å²) in [4.78, 5) is 4.79. The Bertz CT molecular complexity index is 847. The smallest absolute Gasteiger partial charge is 0.180 e. The number of ether oxygens (including phenoxy) is 1. The van der Waals surface area contributed by atoms with Gasteiger partial charge in [0, 0.05) is 13.3 Å². The van der Waals surface area contributed by atoms with Crippen molar-refractivity contribution in [3.63, 3.8) is 0 Å². The van der Waals surface area contributed by atoms with Crippen LogP contribution in [0.3, 0.4) is 0 Å². The Balaban J connectivity index is 1.81. The molecule has 2 aliphatic rings. The van der Waals surface area contributed by atoms with Crippen molar-refractivity contribution in [2.24, 2.45) is 4.99 Å². The van der Waals surface area contributed by atoms with Crippen LogP contribution < -0.4 is 0 Å². The van der Waals surface area contributed by atoms with Gasteiger partial charge in [0.15, 0.2) is 5.90 Å². The van der Waals surface area contributed by atoms with Gasteiger partial charge in [0.05, 0.1) is 11.6 Å². The number of nitrogens with zero attached hydrogens (tertiary/aromatic N) is 2. The van der Waals surface area contributed by atoms with E-state index in [-0.39, 0.29) is 5.54 Å². The van der Waals surface area contributed by atoms with E-state index in [1.165, 1.54) is 16.7 Å². The quantitative estimate of drug-likeness (QED) is 0.802. The average Bonchev–Trinajstić information content (AvgIpc) is 2.94. The minimum atomic E-state index is -0.0972. The zero-order valence-electron chi connectivity index (χ0n) is 13.2. The number of rotatable bonds is 1. The fourth-order valence-electron chi connectivity index (χ4n) is 3.75. The molecule has 0 saturated heterocycles. The molecule has 0 amide bonds. The van der Waals surface area contributed by atoms with E-state index < -0.39 is 0 Å². The molecule has 0 radical (unpaired) electrons. The molecule has 0 N–H and O–H groups in total. The minimum Gasteiger partial charge on any atom is -0.479 e. The molecule has 3 heteroatoms. The van der Waals surface area contributed by atoms with E-state index in [9.17, 15) is 0 Å². The molecule has 1 atom stereocenters. The molecule has 0 saturated carbocycles. The SMILES string of the molecule is CC1=NC2(CCc3cccc(-c4cccc(C#N)c4)c3C2)CO1. The number of aliphatic imine (C=N–C) groups is 1. The van der Waals surface area contributed by atoms with Crippen LogP contribution in [-0.2, 0) is 17.6 Å². The van der Waals surface area contributed by atoms with Gasteiger partial charge in [-0.2, -0.15) is 5.26 Å². The molecule has 2 aromatic carbocycles. The van der Waals surface area contributed by atoms with Gasteiger partial charge in [-0.25, -0.2) is 4.99 Å². The number of hydrogen-bond acceptors (Lipinski definition) is 3. The molecule has 114 valence electrons. The van der Waals surface area contributed by atoms with E-state index in [1.807, 2.05) is 25.1 Å². The van der Waals surface area contributed by atoms with Crippen molar-refractivity contribution in [3.05, 3.63) is 59.2 Å². The summed E-state index contributed by atoms with van der Waals surface area (Å²) in [6.45, 7) is 2.62. The first-order valence-electron chi connectivity index (χ1n) is 8.00. The molecule has 0 bridgehead atoms. The summed E-state index contributed by atoms with van der Waals surface area (Å²) in [6, 6.07) is 16.6. The number of aryl methyl sites for hydroxylation is 1. The third-order valence-corrected chi connectivity index (χ3v) is 4.89. The molecule has 4 rings (SSSR count). The highest BCUT2D eigenvalue weighted by Gasteiger charge is 2.39. The normalized spacial score (nSPS) is 22.2. The van der Waals surface area contributed by atoms with Crippen LogP contribution in [0.1, 0.15) is 30.0 Å². The van der Waals surface area contributed by atoms with Crippen LogP contribution in [0, 0.1) is 11.3 Å². The van der Waals surface area contributed by atoms with Crippen LogP contribution in [0.15, 0.2) is 47.5 Å². The molecule has 1 aliphatic carbocycles.